The second kappa shape index (κ2) is 7.07. The van der Waals surface area contributed by atoms with Crippen LogP contribution in [-0.4, -0.2) is 18.6 Å². The number of ether oxygens (including phenoxy) is 1. The number of halogens is 3. The SMILES string of the molecule is CCNC(c1ccc(OC)c(F)c1)c1ncc(Cl)cc1Cl. The van der Waals surface area contributed by atoms with E-state index in [4.69, 9.17) is 27.9 Å². The molecule has 1 N–H and O–H groups in total. The Morgan fingerprint density at radius 2 is 2.10 bits per heavy atom. The Kier molecular flexibility index (Phi) is 5.39. The van der Waals surface area contributed by atoms with E-state index in [1.165, 1.54) is 19.4 Å². The van der Waals surface area contributed by atoms with Crippen LogP contribution in [0.4, 0.5) is 4.39 Å². The quantitative estimate of drug-likeness (QED) is 0.891. The van der Waals surface area contributed by atoms with Gasteiger partial charge in [0.15, 0.2) is 11.6 Å². The number of rotatable bonds is 5. The van der Waals surface area contributed by atoms with Crippen LogP contribution in [0, 0.1) is 5.82 Å². The monoisotopic (exact) mass is 328 g/mol. The van der Waals surface area contributed by atoms with E-state index in [1.807, 2.05) is 6.92 Å². The number of pyridine rings is 1. The average molecular weight is 329 g/mol. The minimum atomic E-state index is -0.428. The predicted octanol–water partition coefficient (Wildman–Crippen LogP) is 4.24. The third-order valence-corrected chi connectivity index (χ3v) is 3.54. The number of nitrogens with one attached hydrogen (secondary N) is 1. The molecule has 112 valence electrons. The van der Waals surface area contributed by atoms with Crippen molar-refractivity contribution in [2.45, 2.75) is 13.0 Å². The molecule has 0 aliphatic heterocycles. The largest absolute Gasteiger partial charge is 0.494 e. The fourth-order valence-electron chi connectivity index (χ4n) is 2.08. The summed E-state index contributed by atoms with van der Waals surface area (Å²) in [5.41, 5.74) is 1.32. The van der Waals surface area contributed by atoms with Gasteiger partial charge in [0.1, 0.15) is 0 Å². The van der Waals surface area contributed by atoms with Crippen LogP contribution in [0.1, 0.15) is 24.2 Å². The Bertz CT molecular complexity index is 637. The van der Waals surface area contributed by atoms with Gasteiger partial charge in [0.25, 0.3) is 0 Å². The Balaban J connectivity index is 2.45. The molecule has 21 heavy (non-hydrogen) atoms. The Morgan fingerprint density at radius 1 is 1.33 bits per heavy atom. The standard InChI is InChI=1S/C15H15Cl2FN2O/c1-3-19-14(15-11(17)7-10(16)8-20-15)9-4-5-13(21-2)12(18)6-9/h4-8,14,19H,3H2,1-2H3. The molecule has 0 radical (unpaired) electrons. The van der Waals surface area contributed by atoms with E-state index < -0.39 is 5.82 Å². The molecule has 3 nitrogen and oxygen atoms in total. The molecule has 1 atom stereocenters. The maximum Gasteiger partial charge on any atom is 0.165 e. The minimum Gasteiger partial charge on any atom is -0.494 e. The molecular weight excluding hydrogens is 314 g/mol. The predicted molar refractivity (Wildman–Crippen MR) is 82.7 cm³/mol. The molecule has 0 fully saturated rings. The normalized spacial score (nSPS) is 12.2. The second-order valence-electron chi connectivity index (χ2n) is 4.41. The smallest absolute Gasteiger partial charge is 0.165 e. The lowest BCUT2D eigenvalue weighted by Crippen LogP contribution is -2.23. The lowest BCUT2D eigenvalue weighted by Gasteiger charge is -2.19. The maximum absolute atomic E-state index is 13.9. The summed E-state index contributed by atoms with van der Waals surface area (Å²) < 4.78 is 18.8. The lowest BCUT2D eigenvalue weighted by molar-refractivity contribution is 0.385. The molecule has 1 unspecified atom stereocenters. The van der Waals surface area contributed by atoms with Crippen molar-refractivity contribution in [2.24, 2.45) is 0 Å². The number of aromatic nitrogens is 1. The van der Waals surface area contributed by atoms with Gasteiger partial charge in [-0.3, -0.25) is 4.98 Å². The lowest BCUT2D eigenvalue weighted by atomic mass is 10.0. The number of hydrogen-bond acceptors (Lipinski definition) is 3. The van der Waals surface area contributed by atoms with Crippen molar-refractivity contribution in [1.82, 2.24) is 10.3 Å². The average Bonchev–Trinajstić information content (AvgIpc) is 2.45. The zero-order valence-corrected chi connectivity index (χ0v) is 13.2. The van der Waals surface area contributed by atoms with Crippen molar-refractivity contribution >= 4 is 23.2 Å². The molecule has 0 aliphatic carbocycles. The van der Waals surface area contributed by atoms with Gasteiger partial charge in [-0.05, 0) is 30.3 Å². The van der Waals surface area contributed by atoms with Gasteiger partial charge in [0, 0.05) is 6.20 Å². The van der Waals surface area contributed by atoms with Gasteiger partial charge in [-0.25, -0.2) is 4.39 Å². The molecule has 0 amide bonds. The molecule has 0 spiro atoms. The van der Waals surface area contributed by atoms with Crippen molar-refractivity contribution in [1.29, 1.82) is 0 Å². The second-order valence-corrected chi connectivity index (χ2v) is 5.25. The minimum absolute atomic E-state index is 0.198. The first-order valence-corrected chi connectivity index (χ1v) is 7.20. The molecule has 0 saturated carbocycles. The van der Waals surface area contributed by atoms with E-state index in [9.17, 15) is 4.39 Å². The van der Waals surface area contributed by atoms with Gasteiger partial charge in [-0.1, -0.05) is 36.2 Å². The molecule has 1 aromatic heterocycles. The molecule has 0 saturated heterocycles. The molecule has 2 aromatic rings. The third-order valence-electron chi connectivity index (χ3n) is 3.03. The van der Waals surface area contributed by atoms with Crippen molar-refractivity contribution in [3.63, 3.8) is 0 Å². The Hall–Kier alpha value is -1.36. The highest BCUT2D eigenvalue weighted by Gasteiger charge is 2.19. The van der Waals surface area contributed by atoms with Crippen molar-refractivity contribution < 1.29 is 9.13 Å². The first kappa shape index (κ1) is 16.0. The summed E-state index contributed by atoms with van der Waals surface area (Å²) >= 11 is 12.1. The van der Waals surface area contributed by atoms with Gasteiger partial charge in [0.05, 0.1) is 28.9 Å². The topological polar surface area (TPSA) is 34.1 Å². The van der Waals surface area contributed by atoms with E-state index in [0.717, 1.165) is 0 Å². The van der Waals surface area contributed by atoms with Crippen LogP contribution in [-0.2, 0) is 0 Å². The highest BCUT2D eigenvalue weighted by molar-refractivity contribution is 6.34. The summed E-state index contributed by atoms with van der Waals surface area (Å²) in [6, 6.07) is 6.08. The molecule has 1 heterocycles. The molecular formula is C15H15Cl2FN2O. The van der Waals surface area contributed by atoms with Gasteiger partial charge in [0.2, 0.25) is 0 Å². The fraction of sp³-hybridized carbons (Fsp3) is 0.267. The van der Waals surface area contributed by atoms with Crippen molar-refractivity contribution in [3.8, 4) is 5.75 Å². The van der Waals surface area contributed by atoms with Crippen LogP contribution >= 0.6 is 23.2 Å². The molecule has 0 bridgehead atoms. The van der Waals surface area contributed by atoms with Gasteiger partial charge in [-0.2, -0.15) is 0 Å². The summed E-state index contributed by atoms with van der Waals surface area (Å²) in [4.78, 5) is 4.27. The first-order valence-electron chi connectivity index (χ1n) is 6.44. The van der Waals surface area contributed by atoms with Crippen LogP contribution in [0.3, 0.4) is 0 Å². The highest BCUT2D eigenvalue weighted by atomic mass is 35.5. The Labute approximate surface area is 133 Å². The van der Waals surface area contributed by atoms with Gasteiger partial charge in [-0.15, -0.1) is 0 Å². The third kappa shape index (κ3) is 3.64. The number of nitrogens with zero attached hydrogens (tertiary/aromatic N) is 1. The highest BCUT2D eigenvalue weighted by Crippen LogP contribution is 2.30. The van der Waals surface area contributed by atoms with Crippen molar-refractivity contribution in [3.05, 3.63) is 57.6 Å². The number of hydrogen-bond donors (Lipinski definition) is 1. The zero-order valence-electron chi connectivity index (χ0n) is 11.7. The van der Waals surface area contributed by atoms with Crippen molar-refractivity contribution in [2.75, 3.05) is 13.7 Å². The van der Waals surface area contributed by atoms with Crippen LogP contribution in [0.2, 0.25) is 10.0 Å². The number of methoxy groups -OCH3 is 1. The summed E-state index contributed by atoms with van der Waals surface area (Å²) in [6.45, 7) is 2.63. The summed E-state index contributed by atoms with van der Waals surface area (Å²) in [5, 5.41) is 4.14. The summed E-state index contributed by atoms with van der Waals surface area (Å²) in [6.07, 6.45) is 1.52. The van der Waals surface area contributed by atoms with E-state index in [0.29, 0.717) is 27.8 Å². The summed E-state index contributed by atoms with van der Waals surface area (Å²) in [5.74, 6) is -0.229. The van der Waals surface area contributed by atoms with Crippen LogP contribution < -0.4 is 10.1 Å². The van der Waals surface area contributed by atoms with E-state index in [-0.39, 0.29) is 11.8 Å². The first-order chi connectivity index (χ1) is 10.1. The maximum atomic E-state index is 13.9. The molecule has 0 aliphatic rings. The Morgan fingerprint density at radius 3 is 2.67 bits per heavy atom. The van der Waals surface area contributed by atoms with Crippen LogP contribution in [0.25, 0.3) is 0 Å². The fourth-order valence-corrected chi connectivity index (χ4v) is 2.57. The summed E-state index contributed by atoms with van der Waals surface area (Å²) in [7, 11) is 1.43. The number of benzene rings is 1. The van der Waals surface area contributed by atoms with E-state index >= 15 is 0 Å². The molecule has 6 heteroatoms. The molecule has 1 aromatic carbocycles. The van der Waals surface area contributed by atoms with E-state index in [2.05, 4.69) is 10.3 Å². The van der Waals surface area contributed by atoms with Crippen LogP contribution in [0.5, 0.6) is 5.75 Å². The van der Waals surface area contributed by atoms with Crippen LogP contribution in [0.15, 0.2) is 30.5 Å². The molecule has 2 rings (SSSR count). The zero-order chi connectivity index (χ0) is 15.4. The van der Waals surface area contributed by atoms with Gasteiger partial charge >= 0.3 is 0 Å². The van der Waals surface area contributed by atoms with Gasteiger partial charge < -0.3 is 10.1 Å². The van der Waals surface area contributed by atoms with E-state index in [1.54, 1.807) is 18.2 Å².